The van der Waals surface area contributed by atoms with Gasteiger partial charge < -0.3 is 15.5 Å². The highest BCUT2D eigenvalue weighted by molar-refractivity contribution is 7.80. The topological polar surface area (TPSA) is 32.5 Å². The van der Waals surface area contributed by atoms with E-state index in [1.807, 2.05) is 18.2 Å². The highest BCUT2D eigenvalue weighted by Crippen LogP contribution is 2.25. The number of benzene rings is 1. The highest BCUT2D eigenvalue weighted by Gasteiger charge is 2.12. The van der Waals surface area contributed by atoms with E-state index in [1.165, 1.54) is 0 Å². The molecule has 0 spiro atoms. The molecule has 3 nitrogen and oxygen atoms in total. The minimum atomic E-state index is 0.420. The van der Waals surface area contributed by atoms with Gasteiger partial charge in [0, 0.05) is 29.4 Å². The Hall–Kier alpha value is -0.840. The fraction of sp³-hybridized carbons (Fsp3) is 0.562. The summed E-state index contributed by atoms with van der Waals surface area (Å²) in [5, 5.41) is 0.715. The number of halogens is 1. The third kappa shape index (κ3) is 5.46. The van der Waals surface area contributed by atoms with Crippen LogP contribution >= 0.6 is 23.8 Å². The molecule has 0 saturated heterocycles. The molecule has 0 saturated carbocycles. The Bertz CT molecular complexity index is 461. The molecular formula is C16H26ClN3S. The molecular weight excluding hydrogens is 302 g/mol. The molecule has 0 heterocycles. The van der Waals surface area contributed by atoms with Crippen LogP contribution in [-0.4, -0.2) is 42.6 Å². The third-order valence-electron chi connectivity index (χ3n) is 3.74. The van der Waals surface area contributed by atoms with Gasteiger partial charge in [0.25, 0.3) is 0 Å². The Kier molecular flexibility index (Phi) is 8.01. The van der Waals surface area contributed by atoms with Gasteiger partial charge in [-0.25, -0.2) is 0 Å². The number of hydrogen-bond acceptors (Lipinski definition) is 3. The molecule has 1 aromatic rings. The van der Waals surface area contributed by atoms with Crippen molar-refractivity contribution in [1.29, 1.82) is 0 Å². The minimum Gasteiger partial charge on any atom is -0.389 e. The van der Waals surface area contributed by atoms with Gasteiger partial charge in [0.15, 0.2) is 0 Å². The van der Waals surface area contributed by atoms with Crippen LogP contribution in [0, 0.1) is 0 Å². The molecule has 1 aromatic carbocycles. The lowest BCUT2D eigenvalue weighted by molar-refractivity contribution is 0.301. The van der Waals surface area contributed by atoms with Crippen LogP contribution in [0.15, 0.2) is 18.2 Å². The summed E-state index contributed by atoms with van der Waals surface area (Å²) in [7, 11) is 0. The van der Waals surface area contributed by atoms with E-state index >= 15 is 0 Å². The van der Waals surface area contributed by atoms with Gasteiger partial charge in [-0.15, -0.1) is 0 Å². The van der Waals surface area contributed by atoms with Crippen LogP contribution in [-0.2, 0) is 0 Å². The van der Waals surface area contributed by atoms with E-state index in [2.05, 4.69) is 30.6 Å². The van der Waals surface area contributed by atoms with E-state index in [0.717, 1.165) is 50.4 Å². The van der Waals surface area contributed by atoms with Crippen molar-refractivity contribution in [3.63, 3.8) is 0 Å². The van der Waals surface area contributed by atoms with Crippen LogP contribution in [0.25, 0.3) is 0 Å². The Morgan fingerprint density at radius 2 is 1.81 bits per heavy atom. The number of nitrogens with zero attached hydrogens (tertiary/aromatic N) is 2. The lowest BCUT2D eigenvalue weighted by atomic mass is 10.1. The molecule has 0 unspecified atom stereocenters. The van der Waals surface area contributed by atoms with E-state index < -0.39 is 0 Å². The van der Waals surface area contributed by atoms with Crippen molar-refractivity contribution in [2.24, 2.45) is 5.73 Å². The number of nitrogens with two attached hydrogens (primary N) is 1. The van der Waals surface area contributed by atoms with Crippen molar-refractivity contribution >= 4 is 34.5 Å². The second-order valence-electron chi connectivity index (χ2n) is 4.99. The number of hydrogen-bond donors (Lipinski definition) is 1. The van der Waals surface area contributed by atoms with Crippen molar-refractivity contribution < 1.29 is 0 Å². The van der Waals surface area contributed by atoms with Gasteiger partial charge >= 0.3 is 0 Å². The first kappa shape index (κ1) is 18.2. The minimum absolute atomic E-state index is 0.420. The van der Waals surface area contributed by atoms with E-state index in [-0.39, 0.29) is 0 Å². The average Bonchev–Trinajstić information content (AvgIpc) is 2.47. The zero-order valence-electron chi connectivity index (χ0n) is 13.2. The lowest BCUT2D eigenvalue weighted by Crippen LogP contribution is -2.31. The fourth-order valence-corrected chi connectivity index (χ4v) is 2.79. The first-order valence-electron chi connectivity index (χ1n) is 7.60. The van der Waals surface area contributed by atoms with Gasteiger partial charge in [-0.05, 0) is 51.2 Å². The Morgan fingerprint density at radius 3 is 2.33 bits per heavy atom. The van der Waals surface area contributed by atoms with Crippen molar-refractivity contribution in [3.05, 3.63) is 28.8 Å². The fourth-order valence-electron chi connectivity index (χ4n) is 2.45. The van der Waals surface area contributed by atoms with E-state index in [9.17, 15) is 0 Å². The van der Waals surface area contributed by atoms with Gasteiger partial charge in [-0.1, -0.05) is 37.7 Å². The SMILES string of the molecule is CCN(CC)CCCN(CC)c1cc(Cl)ccc1C(N)=S. The maximum atomic E-state index is 6.13. The van der Waals surface area contributed by atoms with Crippen LogP contribution in [0.5, 0.6) is 0 Å². The summed E-state index contributed by atoms with van der Waals surface area (Å²) >= 11 is 11.3. The summed E-state index contributed by atoms with van der Waals surface area (Å²) in [4.78, 5) is 5.15. The van der Waals surface area contributed by atoms with Crippen LogP contribution in [0.3, 0.4) is 0 Å². The molecule has 0 aliphatic carbocycles. The molecule has 2 N–H and O–H groups in total. The van der Waals surface area contributed by atoms with Crippen molar-refractivity contribution in [2.45, 2.75) is 27.2 Å². The molecule has 0 bridgehead atoms. The summed E-state index contributed by atoms with van der Waals surface area (Å²) in [6, 6.07) is 5.70. The van der Waals surface area contributed by atoms with Crippen molar-refractivity contribution in [2.75, 3.05) is 37.6 Å². The van der Waals surface area contributed by atoms with Crippen LogP contribution in [0.4, 0.5) is 5.69 Å². The Labute approximate surface area is 139 Å². The Balaban J connectivity index is 2.80. The predicted molar refractivity (Wildman–Crippen MR) is 97.6 cm³/mol. The monoisotopic (exact) mass is 327 g/mol. The number of rotatable bonds is 9. The molecule has 0 aromatic heterocycles. The molecule has 118 valence electrons. The predicted octanol–water partition coefficient (Wildman–Crippen LogP) is 3.53. The largest absolute Gasteiger partial charge is 0.389 e. The van der Waals surface area contributed by atoms with Crippen molar-refractivity contribution in [1.82, 2.24) is 4.90 Å². The number of thiocarbonyl (C=S) groups is 1. The van der Waals surface area contributed by atoms with Gasteiger partial charge in [0.05, 0.1) is 0 Å². The average molecular weight is 328 g/mol. The zero-order chi connectivity index (χ0) is 15.8. The molecule has 0 amide bonds. The third-order valence-corrected chi connectivity index (χ3v) is 4.20. The van der Waals surface area contributed by atoms with Crippen LogP contribution < -0.4 is 10.6 Å². The zero-order valence-corrected chi connectivity index (χ0v) is 14.8. The van der Waals surface area contributed by atoms with E-state index in [1.54, 1.807) is 0 Å². The second-order valence-corrected chi connectivity index (χ2v) is 5.86. The molecule has 0 aliphatic rings. The summed E-state index contributed by atoms with van der Waals surface area (Å²) in [6.45, 7) is 11.7. The van der Waals surface area contributed by atoms with Gasteiger partial charge in [0.1, 0.15) is 4.99 Å². The summed E-state index contributed by atoms with van der Waals surface area (Å²) in [6.07, 6.45) is 1.11. The molecule has 0 fully saturated rings. The lowest BCUT2D eigenvalue weighted by Gasteiger charge is -2.27. The Morgan fingerprint density at radius 1 is 1.14 bits per heavy atom. The molecule has 0 radical (unpaired) electrons. The molecule has 0 aliphatic heterocycles. The second kappa shape index (κ2) is 9.23. The van der Waals surface area contributed by atoms with Crippen molar-refractivity contribution in [3.8, 4) is 0 Å². The maximum Gasteiger partial charge on any atom is 0.106 e. The highest BCUT2D eigenvalue weighted by atomic mass is 35.5. The summed E-state index contributed by atoms with van der Waals surface area (Å²) < 4.78 is 0. The molecule has 0 atom stereocenters. The van der Waals surface area contributed by atoms with Crippen LogP contribution in [0.1, 0.15) is 32.8 Å². The van der Waals surface area contributed by atoms with E-state index in [0.29, 0.717) is 10.0 Å². The van der Waals surface area contributed by atoms with Gasteiger partial charge in [-0.3, -0.25) is 0 Å². The first-order valence-corrected chi connectivity index (χ1v) is 8.38. The summed E-state index contributed by atoms with van der Waals surface area (Å²) in [5.41, 5.74) is 7.77. The van der Waals surface area contributed by atoms with Crippen LogP contribution in [0.2, 0.25) is 5.02 Å². The van der Waals surface area contributed by atoms with Gasteiger partial charge in [0.2, 0.25) is 0 Å². The summed E-state index contributed by atoms with van der Waals surface area (Å²) in [5.74, 6) is 0. The quantitative estimate of drug-likeness (QED) is 0.703. The molecule has 1 rings (SSSR count). The molecule has 21 heavy (non-hydrogen) atoms. The van der Waals surface area contributed by atoms with E-state index in [4.69, 9.17) is 29.6 Å². The standard InChI is InChI=1S/C16H26ClN3S/c1-4-19(5-2)10-7-11-20(6-3)15-12-13(17)8-9-14(15)16(18)21/h8-9,12H,4-7,10-11H2,1-3H3,(H2,18,21). The normalized spacial score (nSPS) is 10.9. The van der Waals surface area contributed by atoms with Gasteiger partial charge in [-0.2, -0.15) is 0 Å². The first-order chi connectivity index (χ1) is 10.0. The smallest absolute Gasteiger partial charge is 0.106 e. The molecule has 5 heteroatoms. The number of anilines is 1. The maximum absolute atomic E-state index is 6.13.